The van der Waals surface area contributed by atoms with Gasteiger partial charge in [0.15, 0.2) is 11.5 Å². The van der Waals surface area contributed by atoms with Crippen LogP contribution in [0.5, 0.6) is 5.88 Å². The highest BCUT2D eigenvalue weighted by atomic mass is 16.5. The summed E-state index contributed by atoms with van der Waals surface area (Å²) in [4.78, 5) is 8.99. The SMILES string of the molecule is Cc1nc2cccc(COc3cccc(C4=CCNCC4)n3)c2o1. The molecule has 24 heavy (non-hydrogen) atoms. The first-order chi connectivity index (χ1) is 11.8. The Balaban J connectivity index is 1.54. The van der Waals surface area contributed by atoms with Crippen molar-refractivity contribution in [2.24, 2.45) is 0 Å². The standard InChI is InChI=1S/C19H19N3O2/c1-13-21-17-6-2-4-15(19(17)24-13)12-23-18-7-3-5-16(22-18)14-8-10-20-11-9-14/h2-8,20H,9-12H2,1H3. The van der Waals surface area contributed by atoms with Gasteiger partial charge >= 0.3 is 0 Å². The van der Waals surface area contributed by atoms with E-state index in [1.165, 1.54) is 5.57 Å². The molecule has 0 saturated carbocycles. The van der Waals surface area contributed by atoms with Gasteiger partial charge in [-0.2, -0.15) is 0 Å². The van der Waals surface area contributed by atoms with Gasteiger partial charge in [0, 0.05) is 25.1 Å². The highest BCUT2D eigenvalue weighted by Gasteiger charge is 2.10. The molecule has 3 heterocycles. The molecule has 1 aromatic carbocycles. The van der Waals surface area contributed by atoms with E-state index in [4.69, 9.17) is 9.15 Å². The Morgan fingerprint density at radius 2 is 2.08 bits per heavy atom. The predicted molar refractivity (Wildman–Crippen MR) is 92.8 cm³/mol. The van der Waals surface area contributed by atoms with E-state index in [1.54, 1.807) is 0 Å². The van der Waals surface area contributed by atoms with Crippen LogP contribution in [0.15, 0.2) is 46.9 Å². The molecule has 0 amide bonds. The molecule has 1 aliphatic rings. The molecule has 2 aromatic heterocycles. The highest BCUT2D eigenvalue weighted by molar-refractivity contribution is 5.76. The molecule has 3 aromatic rings. The molecule has 0 aliphatic carbocycles. The zero-order valence-corrected chi connectivity index (χ0v) is 13.6. The number of ether oxygens (including phenoxy) is 1. The zero-order chi connectivity index (χ0) is 16.4. The lowest BCUT2D eigenvalue weighted by Gasteiger charge is -2.14. The first kappa shape index (κ1) is 14.9. The summed E-state index contributed by atoms with van der Waals surface area (Å²) >= 11 is 0. The van der Waals surface area contributed by atoms with Crippen LogP contribution in [0.3, 0.4) is 0 Å². The number of oxazole rings is 1. The minimum atomic E-state index is 0.406. The number of aromatic nitrogens is 2. The molecule has 1 N–H and O–H groups in total. The Morgan fingerprint density at radius 3 is 2.96 bits per heavy atom. The molecule has 0 atom stereocenters. The molecular formula is C19H19N3O2. The number of nitrogens with zero attached hydrogens (tertiary/aromatic N) is 2. The summed E-state index contributed by atoms with van der Waals surface area (Å²) in [5, 5.41) is 3.31. The molecule has 122 valence electrons. The summed E-state index contributed by atoms with van der Waals surface area (Å²) in [5.74, 6) is 1.29. The van der Waals surface area contributed by atoms with Crippen molar-refractivity contribution < 1.29 is 9.15 Å². The van der Waals surface area contributed by atoms with Crippen LogP contribution in [0, 0.1) is 6.92 Å². The van der Waals surface area contributed by atoms with Gasteiger partial charge in [0.25, 0.3) is 0 Å². The molecular weight excluding hydrogens is 302 g/mol. The van der Waals surface area contributed by atoms with Crippen LogP contribution in [0.4, 0.5) is 0 Å². The number of para-hydroxylation sites is 1. The molecule has 0 unspecified atom stereocenters. The number of nitrogens with one attached hydrogen (secondary N) is 1. The van der Waals surface area contributed by atoms with Crippen LogP contribution >= 0.6 is 0 Å². The number of pyridine rings is 1. The topological polar surface area (TPSA) is 60.2 Å². The van der Waals surface area contributed by atoms with Crippen molar-refractivity contribution in [3.8, 4) is 5.88 Å². The van der Waals surface area contributed by atoms with E-state index in [0.29, 0.717) is 18.4 Å². The van der Waals surface area contributed by atoms with E-state index >= 15 is 0 Å². The van der Waals surface area contributed by atoms with Gasteiger partial charge in [0.1, 0.15) is 12.1 Å². The maximum atomic E-state index is 5.90. The molecule has 0 bridgehead atoms. The number of hydrogen-bond donors (Lipinski definition) is 1. The number of rotatable bonds is 4. The summed E-state index contributed by atoms with van der Waals surface area (Å²) in [6.07, 6.45) is 3.18. The smallest absolute Gasteiger partial charge is 0.214 e. The number of fused-ring (bicyclic) bond motifs is 1. The van der Waals surface area contributed by atoms with Crippen molar-refractivity contribution in [3.63, 3.8) is 0 Å². The minimum absolute atomic E-state index is 0.406. The summed E-state index contributed by atoms with van der Waals surface area (Å²) in [5.41, 5.74) is 4.87. The summed E-state index contributed by atoms with van der Waals surface area (Å²) < 4.78 is 11.6. The van der Waals surface area contributed by atoms with Gasteiger partial charge in [0.05, 0.1) is 5.69 Å². The van der Waals surface area contributed by atoms with Crippen LogP contribution in [-0.4, -0.2) is 23.1 Å². The molecule has 5 nitrogen and oxygen atoms in total. The van der Waals surface area contributed by atoms with Gasteiger partial charge in [-0.1, -0.05) is 24.3 Å². The number of hydrogen-bond acceptors (Lipinski definition) is 5. The van der Waals surface area contributed by atoms with Crippen molar-refractivity contribution in [1.29, 1.82) is 0 Å². The molecule has 5 heteroatoms. The summed E-state index contributed by atoms with van der Waals surface area (Å²) in [6.45, 7) is 4.14. The third-order valence-electron chi connectivity index (χ3n) is 4.10. The van der Waals surface area contributed by atoms with Gasteiger partial charge < -0.3 is 14.5 Å². The second-order valence-electron chi connectivity index (χ2n) is 5.83. The van der Waals surface area contributed by atoms with E-state index in [2.05, 4.69) is 21.4 Å². The van der Waals surface area contributed by atoms with Crippen LogP contribution in [0.1, 0.15) is 23.6 Å². The van der Waals surface area contributed by atoms with Gasteiger partial charge in [-0.05, 0) is 30.7 Å². The second-order valence-corrected chi connectivity index (χ2v) is 5.83. The molecule has 0 spiro atoms. The third kappa shape index (κ3) is 3.03. The van der Waals surface area contributed by atoms with Crippen molar-refractivity contribution in [1.82, 2.24) is 15.3 Å². The first-order valence-electron chi connectivity index (χ1n) is 8.14. The average Bonchev–Trinajstić information content (AvgIpc) is 3.02. The maximum Gasteiger partial charge on any atom is 0.214 e. The fourth-order valence-electron chi connectivity index (χ4n) is 2.91. The van der Waals surface area contributed by atoms with Crippen molar-refractivity contribution in [3.05, 3.63) is 59.6 Å². The Kier molecular flexibility index (Phi) is 4.01. The molecule has 0 radical (unpaired) electrons. The second kappa shape index (κ2) is 6.45. The van der Waals surface area contributed by atoms with Crippen LogP contribution < -0.4 is 10.1 Å². The quantitative estimate of drug-likeness (QED) is 0.797. The van der Waals surface area contributed by atoms with E-state index in [0.717, 1.165) is 41.9 Å². The van der Waals surface area contributed by atoms with Crippen molar-refractivity contribution in [2.45, 2.75) is 20.0 Å². The van der Waals surface area contributed by atoms with Gasteiger partial charge in [-0.25, -0.2) is 9.97 Å². The highest BCUT2D eigenvalue weighted by Crippen LogP contribution is 2.23. The normalized spacial score (nSPS) is 14.6. The van der Waals surface area contributed by atoms with E-state index < -0.39 is 0 Å². The summed E-state index contributed by atoms with van der Waals surface area (Å²) in [7, 11) is 0. The minimum Gasteiger partial charge on any atom is -0.473 e. The molecule has 0 fully saturated rings. The fraction of sp³-hybridized carbons (Fsp3) is 0.263. The Hall–Kier alpha value is -2.66. The zero-order valence-electron chi connectivity index (χ0n) is 13.6. The molecule has 0 saturated heterocycles. The largest absolute Gasteiger partial charge is 0.473 e. The third-order valence-corrected chi connectivity index (χ3v) is 4.10. The van der Waals surface area contributed by atoms with Crippen LogP contribution in [0.2, 0.25) is 0 Å². The van der Waals surface area contributed by atoms with Crippen LogP contribution in [-0.2, 0) is 6.61 Å². The Labute approximate surface area is 140 Å². The first-order valence-corrected chi connectivity index (χ1v) is 8.14. The lowest BCUT2D eigenvalue weighted by atomic mass is 10.1. The molecule has 1 aliphatic heterocycles. The van der Waals surface area contributed by atoms with Crippen molar-refractivity contribution in [2.75, 3.05) is 13.1 Å². The van der Waals surface area contributed by atoms with Gasteiger partial charge in [-0.15, -0.1) is 0 Å². The van der Waals surface area contributed by atoms with E-state index in [9.17, 15) is 0 Å². The van der Waals surface area contributed by atoms with E-state index in [1.807, 2.05) is 43.3 Å². The summed E-state index contributed by atoms with van der Waals surface area (Å²) in [6, 6.07) is 11.8. The van der Waals surface area contributed by atoms with E-state index in [-0.39, 0.29) is 0 Å². The van der Waals surface area contributed by atoms with Gasteiger partial charge in [-0.3, -0.25) is 0 Å². The van der Waals surface area contributed by atoms with Gasteiger partial charge in [0.2, 0.25) is 5.88 Å². The van der Waals surface area contributed by atoms with Crippen LogP contribution in [0.25, 0.3) is 16.7 Å². The number of benzene rings is 1. The lowest BCUT2D eigenvalue weighted by Crippen LogP contribution is -2.20. The Morgan fingerprint density at radius 1 is 1.17 bits per heavy atom. The predicted octanol–water partition coefficient (Wildman–Crippen LogP) is 3.49. The monoisotopic (exact) mass is 321 g/mol. The average molecular weight is 321 g/mol. The van der Waals surface area contributed by atoms with Crippen molar-refractivity contribution >= 4 is 16.7 Å². The Bertz CT molecular complexity index is 899. The molecule has 4 rings (SSSR count). The lowest BCUT2D eigenvalue weighted by molar-refractivity contribution is 0.293. The fourth-order valence-corrected chi connectivity index (χ4v) is 2.91. The number of aryl methyl sites for hydroxylation is 1. The maximum absolute atomic E-state index is 5.90.